The first-order chi connectivity index (χ1) is 11.0. The number of nitriles is 1. The van der Waals surface area contributed by atoms with Gasteiger partial charge in [0.05, 0.1) is 4.90 Å². The van der Waals surface area contributed by atoms with Gasteiger partial charge in [0.2, 0.25) is 0 Å². The van der Waals surface area contributed by atoms with Crippen LogP contribution in [0.3, 0.4) is 0 Å². The molecular formula is C16H9BrN2O3S. The minimum Gasteiger partial charge on any atom is -0.508 e. The molecule has 0 atom stereocenters. The Hall–Kier alpha value is -2.43. The number of benzene rings is 2. The second kappa shape index (κ2) is 5.99. The summed E-state index contributed by atoms with van der Waals surface area (Å²) in [5, 5.41) is 19.1. The van der Waals surface area contributed by atoms with Crippen molar-refractivity contribution in [3.8, 4) is 28.7 Å². The number of amides is 1. The average Bonchev–Trinajstić information content (AvgIpc) is 2.90. The third kappa shape index (κ3) is 2.91. The molecule has 5 nitrogen and oxygen atoms in total. The minimum absolute atomic E-state index is 0.0663. The third-order valence-electron chi connectivity index (χ3n) is 3.15. The van der Waals surface area contributed by atoms with E-state index < -0.39 is 5.91 Å². The maximum absolute atomic E-state index is 11.3. The zero-order chi connectivity index (χ0) is 16.6. The number of phenols is 1. The molecule has 2 aromatic carbocycles. The van der Waals surface area contributed by atoms with Crippen molar-refractivity contribution in [2.24, 2.45) is 5.73 Å². The summed E-state index contributed by atoms with van der Waals surface area (Å²) in [7, 11) is 0. The van der Waals surface area contributed by atoms with Crippen molar-refractivity contribution in [2.75, 3.05) is 0 Å². The lowest BCUT2D eigenvalue weighted by atomic mass is 10.0. The second-order valence-corrected chi connectivity index (χ2v) is 6.60. The first-order valence-electron chi connectivity index (χ1n) is 6.42. The number of fused-ring (bicyclic) bond motifs is 1. The van der Waals surface area contributed by atoms with Crippen LogP contribution in [0.1, 0.15) is 0 Å². The minimum atomic E-state index is -0.850. The Balaban J connectivity index is 2.14. The molecule has 0 aliphatic carbocycles. The van der Waals surface area contributed by atoms with Crippen LogP contribution >= 0.6 is 27.7 Å². The Morgan fingerprint density at radius 3 is 2.61 bits per heavy atom. The number of thioether (sulfide) groups is 1. The van der Waals surface area contributed by atoms with Gasteiger partial charge in [0.25, 0.3) is 5.91 Å². The molecule has 0 unspecified atom stereocenters. The summed E-state index contributed by atoms with van der Waals surface area (Å²) in [6.07, 6.45) is 0. The van der Waals surface area contributed by atoms with Crippen LogP contribution < -0.4 is 10.5 Å². The Morgan fingerprint density at radius 2 is 2.00 bits per heavy atom. The molecule has 23 heavy (non-hydrogen) atoms. The largest absolute Gasteiger partial charge is 0.508 e. The molecule has 0 aromatic heterocycles. The van der Waals surface area contributed by atoms with Crippen LogP contribution in [-0.2, 0) is 4.79 Å². The average molecular weight is 389 g/mol. The van der Waals surface area contributed by atoms with Gasteiger partial charge in [-0.15, -0.1) is 0 Å². The van der Waals surface area contributed by atoms with Gasteiger partial charge in [-0.25, -0.2) is 0 Å². The van der Waals surface area contributed by atoms with Gasteiger partial charge in [0, 0.05) is 10.0 Å². The molecule has 2 aromatic rings. The molecule has 0 fully saturated rings. The van der Waals surface area contributed by atoms with E-state index in [2.05, 4.69) is 15.9 Å². The molecular weight excluding hydrogens is 380 g/mol. The standard InChI is InChI=1S/C16H9BrN2O3S/c17-9-3-1-8(2-4-9)11-5-10(20)6-13-14(11)22-16(23-13)12(7-18)15(19)21/h1-6,20H,(H2,19,21)/b16-12-. The van der Waals surface area contributed by atoms with Gasteiger partial charge >= 0.3 is 0 Å². The number of aromatic hydroxyl groups is 1. The van der Waals surface area contributed by atoms with Gasteiger partial charge in [0.15, 0.2) is 10.7 Å². The van der Waals surface area contributed by atoms with Gasteiger partial charge in [-0.1, -0.05) is 28.1 Å². The molecule has 0 radical (unpaired) electrons. The van der Waals surface area contributed by atoms with Crippen LogP contribution in [0.25, 0.3) is 11.1 Å². The number of phenolic OH excluding ortho intramolecular Hbond substituents is 1. The molecule has 114 valence electrons. The fraction of sp³-hybridized carbons (Fsp3) is 0. The van der Waals surface area contributed by atoms with Gasteiger partial charge in [-0.2, -0.15) is 5.26 Å². The summed E-state index contributed by atoms with van der Waals surface area (Å²) in [6.45, 7) is 0. The van der Waals surface area contributed by atoms with E-state index in [1.807, 2.05) is 24.3 Å². The summed E-state index contributed by atoms with van der Waals surface area (Å²) in [5.74, 6) is -0.298. The number of carbonyl (C=O) groups excluding carboxylic acids is 1. The van der Waals surface area contributed by atoms with E-state index in [9.17, 15) is 9.90 Å². The van der Waals surface area contributed by atoms with Crippen molar-refractivity contribution in [1.29, 1.82) is 5.26 Å². The zero-order valence-corrected chi connectivity index (χ0v) is 13.9. The monoisotopic (exact) mass is 388 g/mol. The fourth-order valence-electron chi connectivity index (χ4n) is 2.13. The summed E-state index contributed by atoms with van der Waals surface area (Å²) in [6, 6.07) is 12.3. The molecule has 1 aliphatic rings. The number of hydrogen-bond acceptors (Lipinski definition) is 5. The number of hydrogen-bond donors (Lipinski definition) is 2. The molecule has 7 heteroatoms. The molecule has 3 rings (SSSR count). The third-order valence-corrected chi connectivity index (χ3v) is 4.68. The second-order valence-electron chi connectivity index (χ2n) is 4.67. The predicted octanol–water partition coefficient (Wildman–Crippen LogP) is 3.53. The smallest absolute Gasteiger partial charge is 0.263 e. The van der Waals surface area contributed by atoms with Crippen molar-refractivity contribution >= 4 is 33.6 Å². The fourth-order valence-corrected chi connectivity index (χ4v) is 3.39. The quantitative estimate of drug-likeness (QED) is 0.605. The van der Waals surface area contributed by atoms with E-state index >= 15 is 0 Å². The van der Waals surface area contributed by atoms with Gasteiger partial charge in [-0.3, -0.25) is 4.79 Å². The van der Waals surface area contributed by atoms with E-state index in [1.54, 1.807) is 12.1 Å². The van der Waals surface area contributed by atoms with Gasteiger partial charge in [0.1, 0.15) is 17.6 Å². The van der Waals surface area contributed by atoms with Crippen LogP contribution in [0.15, 0.2) is 56.4 Å². The Morgan fingerprint density at radius 1 is 1.30 bits per heavy atom. The molecule has 0 saturated carbocycles. The Bertz CT molecular complexity index is 885. The highest BCUT2D eigenvalue weighted by Gasteiger charge is 2.28. The summed E-state index contributed by atoms with van der Waals surface area (Å²) in [5.41, 5.74) is 6.44. The zero-order valence-electron chi connectivity index (χ0n) is 11.5. The van der Waals surface area contributed by atoms with Crippen molar-refractivity contribution in [3.05, 3.63) is 51.5 Å². The highest BCUT2D eigenvalue weighted by molar-refractivity contribution is 9.10. The Labute approximate surface area is 144 Å². The molecule has 1 aliphatic heterocycles. The lowest BCUT2D eigenvalue weighted by molar-refractivity contribution is -0.114. The molecule has 1 heterocycles. The van der Waals surface area contributed by atoms with E-state index in [-0.39, 0.29) is 16.4 Å². The van der Waals surface area contributed by atoms with Crippen molar-refractivity contribution in [1.82, 2.24) is 0 Å². The van der Waals surface area contributed by atoms with E-state index in [0.717, 1.165) is 21.8 Å². The highest BCUT2D eigenvalue weighted by atomic mass is 79.9. The predicted molar refractivity (Wildman–Crippen MR) is 89.6 cm³/mol. The van der Waals surface area contributed by atoms with Crippen LogP contribution in [0.5, 0.6) is 11.5 Å². The number of carbonyl (C=O) groups is 1. The summed E-state index contributed by atoms with van der Waals surface area (Å²) < 4.78 is 6.61. The number of rotatable bonds is 2. The maximum Gasteiger partial charge on any atom is 0.263 e. The first kappa shape index (κ1) is 15.5. The lowest BCUT2D eigenvalue weighted by Crippen LogP contribution is -2.15. The number of nitrogens with zero attached hydrogens (tertiary/aromatic N) is 1. The van der Waals surface area contributed by atoms with Crippen LogP contribution in [-0.4, -0.2) is 11.0 Å². The molecule has 3 N–H and O–H groups in total. The normalized spacial score (nSPS) is 14.6. The first-order valence-corrected chi connectivity index (χ1v) is 8.03. The SMILES string of the molecule is N#C/C(C(N)=O)=C1\Oc2c(cc(O)cc2-c2ccc(Br)cc2)S1. The van der Waals surface area contributed by atoms with Crippen molar-refractivity contribution in [3.63, 3.8) is 0 Å². The number of halogens is 1. The van der Waals surface area contributed by atoms with Gasteiger partial charge in [-0.05, 0) is 41.6 Å². The summed E-state index contributed by atoms with van der Waals surface area (Å²) in [4.78, 5) is 11.9. The van der Waals surface area contributed by atoms with E-state index in [0.29, 0.717) is 16.2 Å². The molecule has 1 amide bonds. The van der Waals surface area contributed by atoms with Crippen molar-refractivity contribution < 1.29 is 14.6 Å². The maximum atomic E-state index is 11.3. The summed E-state index contributed by atoms with van der Waals surface area (Å²) >= 11 is 4.46. The number of primary amides is 1. The van der Waals surface area contributed by atoms with Gasteiger partial charge < -0.3 is 15.6 Å². The Kier molecular flexibility index (Phi) is 4.03. The number of ether oxygens (including phenoxy) is 1. The van der Waals surface area contributed by atoms with Crippen molar-refractivity contribution in [2.45, 2.75) is 4.90 Å². The topological polar surface area (TPSA) is 96.3 Å². The van der Waals surface area contributed by atoms with Crippen LogP contribution in [0.2, 0.25) is 0 Å². The van der Waals surface area contributed by atoms with E-state index in [1.165, 1.54) is 6.07 Å². The molecule has 0 saturated heterocycles. The highest BCUT2D eigenvalue weighted by Crippen LogP contribution is 2.51. The van der Waals surface area contributed by atoms with Crippen LogP contribution in [0, 0.1) is 11.3 Å². The number of nitrogens with two attached hydrogens (primary N) is 1. The molecule has 0 spiro atoms. The van der Waals surface area contributed by atoms with E-state index in [4.69, 9.17) is 15.7 Å². The lowest BCUT2D eigenvalue weighted by Gasteiger charge is -2.08. The van der Waals surface area contributed by atoms with Crippen LogP contribution in [0.4, 0.5) is 0 Å². The molecule has 0 bridgehead atoms.